The number of Topliss-reactive ketones (excluding diaryl/α,β-unsaturated/α-hetero) is 1. The lowest BCUT2D eigenvalue weighted by Crippen LogP contribution is -2.05. The Kier molecular flexibility index (Phi) is 6.03. The van der Waals surface area contributed by atoms with Gasteiger partial charge in [-0.15, -0.1) is 6.58 Å². The molecule has 2 rings (SSSR count). The Bertz CT molecular complexity index is 892. The van der Waals surface area contributed by atoms with E-state index in [2.05, 4.69) is 6.58 Å². The zero-order chi connectivity index (χ0) is 19.3. The van der Waals surface area contributed by atoms with Crippen molar-refractivity contribution in [1.82, 2.24) is 4.57 Å². The van der Waals surface area contributed by atoms with E-state index in [1.165, 1.54) is 0 Å². The Morgan fingerprint density at radius 2 is 1.81 bits per heavy atom. The molecule has 2 aromatic rings. The zero-order valence-corrected chi connectivity index (χ0v) is 15.5. The first-order valence-electron chi connectivity index (χ1n) is 8.12. The van der Waals surface area contributed by atoms with Crippen molar-refractivity contribution < 1.29 is 14.3 Å². The Hall–Kier alpha value is -3.26. The van der Waals surface area contributed by atoms with E-state index in [0.29, 0.717) is 29.2 Å². The molecule has 0 bridgehead atoms. The Labute approximate surface area is 153 Å². The van der Waals surface area contributed by atoms with Crippen LogP contribution in [0.2, 0.25) is 0 Å². The fourth-order valence-electron chi connectivity index (χ4n) is 2.81. The maximum Gasteiger partial charge on any atom is 0.205 e. The number of aromatic nitrogens is 1. The summed E-state index contributed by atoms with van der Waals surface area (Å²) >= 11 is 0. The molecule has 0 fully saturated rings. The van der Waals surface area contributed by atoms with Gasteiger partial charge in [-0.2, -0.15) is 5.26 Å². The van der Waals surface area contributed by atoms with Crippen LogP contribution in [0.4, 0.5) is 0 Å². The number of ketones is 1. The van der Waals surface area contributed by atoms with Crippen molar-refractivity contribution in [2.45, 2.75) is 20.4 Å². The van der Waals surface area contributed by atoms with Crippen LogP contribution in [-0.2, 0) is 6.54 Å². The summed E-state index contributed by atoms with van der Waals surface area (Å²) in [6.07, 6.45) is 3.32. The second-order valence-electron chi connectivity index (χ2n) is 5.83. The van der Waals surface area contributed by atoms with E-state index in [1.54, 1.807) is 50.6 Å². The number of carbonyl (C=O) groups excluding carboxylic acids is 1. The third-order valence-corrected chi connectivity index (χ3v) is 4.18. The summed E-state index contributed by atoms with van der Waals surface area (Å²) in [5.74, 6) is 0.867. The van der Waals surface area contributed by atoms with Crippen molar-refractivity contribution in [3.05, 3.63) is 65.0 Å². The monoisotopic (exact) mass is 350 g/mol. The minimum Gasteiger partial charge on any atom is -0.497 e. The van der Waals surface area contributed by atoms with E-state index in [4.69, 9.17) is 9.47 Å². The van der Waals surface area contributed by atoms with E-state index in [0.717, 1.165) is 11.4 Å². The van der Waals surface area contributed by atoms with Gasteiger partial charge >= 0.3 is 0 Å². The van der Waals surface area contributed by atoms with Gasteiger partial charge < -0.3 is 14.0 Å². The predicted octanol–water partition coefficient (Wildman–Crippen LogP) is 4.10. The maximum absolute atomic E-state index is 12.9. The van der Waals surface area contributed by atoms with Gasteiger partial charge in [-0.3, -0.25) is 4.79 Å². The van der Waals surface area contributed by atoms with Crippen LogP contribution in [0.25, 0.3) is 6.08 Å². The highest BCUT2D eigenvalue weighted by molar-refractivity contribution is 6.14. The number of hydrogen-bond acceptors (Lipinski definition) is 4. The van der Waals surface area contributed by atoms with Gasteiger partial charge in [0.1, 0.15) is 23.1 Å². The quantitative estimate of drug-likeness (QED) is 0.326. The lowest BCUT2D eigenvalue weighted by atomic mass is 10.0. The highest BCUT2D eigenvalue weighted by Crippen LogP contribution is 2.25. The van der Waals surface area contributed by atoms with Crippen LogP contribution in [0.3, 0.4) is 0 Å². The van der Waals surface area contributed by atoms with Crippen LogP contribution in [-0.4, -0.2) is 24.6 Å². The van der Waals surface area contributed by atoms with E-state index >= 15 is 0 Å². The first-order valence-corrected chi connectivity index (χ1v) is 8.12. The summed E-state index contributed by atoms with van der Waals surface area (Å²) in [6.45, 7) is 8.15. The van der Waals surface area contributed by atoms with Gasteiger partial charge in [0.05, 0.1) is 14.2 Å². The summed E-state index contributed by atoms with van der Waals surface area (Å²) < 4.78 is 12.5. The van der Waals surface area contributed by atoms with E-state index in [1.807, 2.05) is 24.5 Å². The van der Waals surface area contributed by atoms with Crippen LogP contribution < -0.4 is 9.47 Å². The number of nitrogens with zero attached hydrogens (tertiary/aromatic N) is 2. The number of hydrogen-bond donors (Lipinski definition) is 0. The van der Waals surface area contributed by atoms with Crippen molar-refractivity contribution in [2.24, 2.45) is 0 Å². The number of nitriles is 1. The average Bonchev–Trinajstić information content (AvgIpc) is 2.93. The molecule has 0 radical (unpaired) electrons. The van der Waals surface area contributed by atoms with Gasteiger partial charge in [0.15, 0.2) is 0 Å². The van der Waals surface area contributed by atoms with Crippen molar-refractivity contribution in [1.29, 1.82) is 5.26 Å². The van der Waals surface area contributed by atoms with Gasteiger partial charge in [0, 0.05) is 29.6 Å². The number of rotatable bonds is 7. The highest BCUT2D eigenvalue weighted by atomic mass is 16.5. The zero-order valence-electron chi connectivity index (χ0n) is 15.5. The van der Waals surface area contributed by atoms with Gasteiger partial charge in [0.2, 0.25) is 5.78 Å². The Morgan fingerprint density at radius 1 is 1.19 bits per heavy atom. The standard InChI is InChI=1S/C21H22N2O3/c1-6-7-23-14(2)8-20(15(23)3)21(24)17(13-22)9-16-10-18(25-4)12-19(11-16)26-5/h6,8-12H,1,7H2,2-5H3/b17-9+. The fraction of sp³-hybridized carbons (Fsp3) is 0.238. The smallest absolute Gasteiger partial charge is 0.205 e. The molecular weight excluding hydrogens is 328 g/mol. The number of allylic oxidation sites excluding steroid dienone is 2. The fourth-order valence-corrected chi connectivity index (χ4v) is 2.81. The average molecular weight is 350 g/mol. The normalized spacial score (nSPS) is 11.0. The molecule has 1 heterocycles. The van der Waals surface area contributed by atoms with Crippen molar-refractivity contribution in [3.63, 3.8) is 0 Å². The summed E-state index contributed by atoms with van der Waals surface area (Å²) in [4.78, 5) is 12.9. The molecule has 0 unspecified atom stereocenters. The molecule has 1 aromatic heterocycles. The van der Waals surface area contributed by atoms with Crippen LogP contribution >= 0.6 is 0 Å². The largest absolute Gasteiger partial charge is 0.497 e. The van der Waals surface area contributed by atoms with Gasteiger partial charge in [0.25, 0.3) is 0 Å². The molecule has 0 N–H and O–H groups in total. The molecule has 5 heteroatoms. The molecular formula is C21H22N2O3. The lowest BCUT2D eigenvalue weighted by Gasteiger charge is -2.07. The first kappa shape index (κ1) is 19.1. The number of methoxy groups -OCH3 is 2. The number of benzene rings is 1. The molecule has 0 aliphatic heterocycles. The van der Waals surface area contributed by atoms with E-state index in [-0.39, 0.29) is 11.4 Å². The third-order valence-electron chi connectivity index (χ3n) is 4.18. The molecule has 0 atom stereocenters. The molecule has 5 nitrogen and oxygen atoms in total. The van der Waals surface area contributed by atoms with Crippen LogP contribution in [0.1, 0.15) is 27.3 Å². The maximum atomic E-state index is 12.9. The Morgan fingerprint density at radius 3 is 2.31 bits per heavy atom. The molecule has 0 saturated heterocycles. The molecule has 0 aliphatic carbocycles. The number of ether oxygens (including phenoxy) is 2. The van der Waals surface area contributed by atoms with Crippen molar-refractivity contribution in [2.75, 3.05) is 14.2 Å². The van der Waals surface area contributed by atoms with Crippen molar-refractivity contribution in [3.8, 4) is 17.6 Å². The van der Waals surface area contributed by atoms with Crippen LogP contribution in [0, 0.1) is 25.2 Å². The lowest BCUT2D eigenvalue weighted by molar-refractivity contribution is 0.103. The minimum atomic E-state index is -0.308. The molecule has 0 amide bonds. The Balaban J connectivity index is 2.47. The highest BCUT2D eigenvalue weighted by Gasteiger charge is 2.19. The summed E-state index contributed by atoms with van der Waals surface area (Å²) in [7, 11) is 3.10. The topological polar surface area (TPSA) is 64.2 Å². The predicted molar refractivity (Wildman–Crippen MR) is 102 cm³/mol. The van der Waals surface area contributed by atoms with Crippen LogP contribution in [0.5, 0.6) is 11.5 Å². The SMILES string of the molecule is C=CCn1c(C)cc(C(=O)/C(C#N)=C/c2cc(OC)cc(OC)c2)c1C. The van der Waals surface area contributed by atoms with E-state index in [9.17, 15) is 10.1 Å². The number of carbonyl (C=O) groups is 1. The molecule has 1 aromatic carbocycles. The molecule has 134 valence electrons. The second kappa shape index (κ2) is 8.21. The molecule has 0 saturated carbocycles. The van der Waals surface area contributed by atoms with Gasteiger partial charge in [-0.25, -0.2) is 0 Å². The molecule has 26 heavy (non-hydrogen) atoms. The van der Waals surface area contributed by atoms with Gasteiger partial charge in [-0.1, -0.05) is 6.08 Å². The third kappa shape index (κ3) is 3.86. The first-order chi connectivity index (χ1) is 12.4. The summed E-state index contributed by atoms with van der Waals surface area (Å²) in [6, 6.07) is 9.03. The second-order valence-corrected chi connectivity index (χ2v) is 5.83. The summed E-state index contributed by atoms with van der Waals surface area (Å²) in [5, 5.41) is 9.52. The van der Waals surface area contributed by atoms with Crippen molar-refractivity contribution >= 4 is 11.9 Å². The number of aryl methyl sites for hydroxylation is 1. The molecule has 0 aliphatic rings. The minimum absolute atomic E-state index is 0.0548. The van der Waals surface area contributed by atoms with E-state index < -0.39 is 0 Å². The summed E-state index contributed by atoms with van der Waals surface area (Å²) in [5.41, 5.74) is 3.00. The van der Waals surface area contributed by atoms with Gasteiger partial charge in [-0.05, 0) is 43.7 Å². The molecule has 0 spiro atoms. The van der Waals surface area contributed by atoms with Crippen LogP contribution in [0.15, 0.2) is 42.5 Å².